The van der Waals surface area contributed by atoms with Gasteiger partial charge < -0.3 is 30.0 Å². The Bertz CT molecular complexity index is 1720. The third-order valence-corrected chi connectivity index (χ3v) is 9.27. The Labute approximate surface area is 286 Å². The topological polar surface area (TPSA) is 126 Å². The number of amides is 2. The molecule has 7 rings (SSSR count). The maximum Gasteiger partial charge on any atom is 0.408 e. The van der Waals surface area contributed by atoms with Crippen LogP contribution in [0, 0.1) is 5.92 Å². The van der Waals surface area contributed by atoms with Crippen LogP contribution in [0.1, 0.15) is 51.5 Å². The van der Waals surface area contributed by atoms with Gasteiger partial charge in [-0.2, -0.15) is 0 Å². The molecule has 254 valence electrons. The zero-order valence-corrected chi connectivity index (χ0v) is 27.4. The quantitative estimate of drug-likeness (QED) is 0.169. The molecule has 49 heavy (non-hydrogen) atoms. The van der Waals surface area contributed by atoms with E-state index in [1.807, 2.05) is 54.6 Å². The van der Waals surface area contributed by atoms with Crippen LogP contribution in [0.25, 0.3) is 0 Å². The lowest BCUT2D eigenvalue weighted by Gasteiger charge is -2.43. The van der Waals surface area contributed by atoms with E-state index >= 15 is 0 Å². The third kappa shape index (κ3) is 8.77. The number of alkyl carbamates (subject to hydrolysis) is 1. The Morgan fingerprint density at radius 1 is 0.816 bits per heavy atom. The van der Waals surface area contributed by atoms with E-state index in [9.17, 15) is 19.5 Å². The largest absolute Gasteiger partial charge is 0.497 e. The maximum atomic E-state index is 13.2. The molecule has 10 nitrogen and oxygen atoms in total. The lowest BCUT2D eigenvalue weighted by molar-refractivity contribution is -0.139. The monoisotopic (exact) mass is 663 g/mol. The molecule has 3 aliphatic rings. The highest BCUT2D eigenvalue weighted by Gasteiger charge is 2.37. The smallest absolute Gasteiger partial charge is 0.408 e. The van der Waals surface area contributed by atoms with Crippen LogP contribution >= 0.6 is 0 Å². The van der Waals surface area contributed by atoms with Crippen LogP contribution in [0.4, 0.5) is 4.79 Å². The van der Waals surface area contributed by atoms with Crippen molar-refractivity contribution in [2.24, 2.45) is 5.92 Å². The van der Waals surface area contributed by atoms with Gasteiger partial charge in [-0.3, -0.25) is 9.69 Å². The summed E-state index contributed by atoms with van der Waals surface area (Å²) in [6.07, 6.45) is 1.73. The fourth-order valence-corrected chi connectivity index (χ4v) is 6.48. The van der Waals surface area contributed by atoms with Gasteiger partial charge in [-0.25, -0.2) is 9.59 Å². The molecule has 2 amide bonds. The molecule has 0 aromatic heterocycles. The highest BCUT2D eigenvalue weighted by atomic mass is 16.6. The number of ether oxygens (including phenoxy) is 3. The van der Waals surface area contributed by atoms with Crippen molar-refractivity contribution < 1.29 is 33.7 Å². The van der Waals surface area contributed by atoms with E-state index in [0.717, 1.165) is 54.7 Å². The highest BCUT2D eigenvalue weighted by molar-refractivity contribution is 5.96. The number of piperidine rings is 3. The average molecular weight is 664 g/mol. The fourth-order valence-electron chi connectivity index (χ4n) is 6.48. The number of nitrogens with one attached hydrogen (secondary N) is 2. The summed E-state index contributed by atoms with van der Waals surface area (Å²) in [6, 6.07) is 29.7. The normalized spacial score (nSPS) is 19.2. The molecule has 0 aliphatic carbocycles. The van der Waals surface area contributed by atoms with Crippen LogP contribution in [0.15, 0.2) is 103 Å². The zero-order chi connectivity index (χ0) is 34.2. The van der Waals surface area contributed by atoms with Gasteiger partial charge in [0, 0.05) is 18.5 Å². The summed E-state index contributed by atoms with van der Waals surface area (Å²) in [5.41, 5.74) is 3.71. The van der Waals surface area contributed by atoms with Crippen molar-refractivity contribution in [3.63, 3.8) is 0 Å². The molecule has 3 aliphatic heterocycles. The Hall–Kier alpha value is -5.35. The van der Waals surface area contributed by atoms with Gasteiger partial charge in [-0.15, -0.1) is 0 Å². The first-order valence-corrected chi connectivity index (χ1v) is 16.6. The molecule has 4 aromatic rings. The van der Waals surface area contributed by atoms with Crippen LogP contribution in [-0.4, -0.2) is 66.9 Å². The lowest BCUT2D eigenvalue weighted by Crippen LogP contribution is -2.52. The van der Waals surface area contributed by atoms with Crippen molar-refractivity contribution in [1.29, 1.82) is 0 Å². The number of carbonyl (C=O) groups excluding carboxylic acids is 2. The molecule has 2 bridgehead atoms. The number of hydrogen-bond donors (Lipinski definition) is 3. The molecule has 3 N–H and O–H groups in total. The summed E-state index contributed by atoms with van der Waals surface area (Å²) in [5.74, 6) is 0.106. The van der Waals surface area contributed by atoms with E-state index in [-0.39, 0.29) is 19.1 Å². The summed E-state index contributed by atoms with van der Waals surface area (Å²) < 4.78 is 17.2. The Balaban J connectivity index is 1.06. The first kappa shape index (κ1) is 33.5. The predicted molar refractivity (Wildman–Crippen MR) is 184 cm³/mol. The Morgan fingerprint density at radius 2 is 1.51 bits per heavy atom. The molecular weight excluding hydrogens is 622 g/mol. The molecule has 2 unspecified atom stereocenters. The molecule has 10 heteroatoms. The van der Waals surface area contributed by atoms with Gasteiger partial charge in [0.1, 0.15) is 30.3 Å². The number of aliphatic carboxylic acids is 1. The molecular formula is C39H41N3O7. The second-order valence-corrected chi connectivity index (χ2v) is 12.5. The van der Waals surface area contributed by atoms with E-state index in [2.05, 4.69) is 15.5 Å². The summed E-state index contributed by atoms with van der Waals surface area (Å²) in [6.45, 7) is 3.18. The SMILES string of the molecule is COc1ccc(CC(NC(=O)c2ccc(COc3cccc([C@@H](NC(=O)OC4CN5CCC4CC5)c4ccccc4)c3)cc2)C(=O)O)cc1. The zero-order valence-electron chi connectivity index (χ0n) is 27.4. The summed E-state index contributed by atoms with van der Waals surface area (Å²) in [7, 11) is 1.56. The van der Waals surface area contributed by atoms with E-state index < -0.39 is 30.1 Å². The van der Waals surface area contributed by atoms with Crippen molar-refractivity contribution in [3.05, 3.63) is 131 Å². The molecule has 0 spiro atoms. The van der Waals surface area contributed by atoms with Gasteiger partial charge in [-0.05, 0) is 90.5 Å². The number of methoxy groups -OCH3 is 1. The summed E-state index contributed by atoms with van der Waals surface area (Å²) in [5, 5.41) is 15.4. The second kappa shape index (κ2) is 15.7. The second-order valence-electron chi connectivity index (χ2n) is 12.5. The Kier molecular flexibility index (Phi) is 10.7. The van der Waals surface area contributed by atoms with Crippen LogP contribution in [-0.2, 0) is 22.6 Å². The number of nitrogens with zero attached hydrogens (tertiary/aromatic N) is 1. The standard InChI is InChI=1S/C39H41N3O7/c1-47-32-16-12-26(13-17-32)22-34(38(44)45)40-37(43)30-14-10-27(11-15-30)25-48-33-9-5-8-31(23-33)36(29-6-3-2-4-7-29)41-39(46)49-35-24-42-20-18-28(35)19-21-42/h2-17,23,28,34-36H,18-22,24-25H2,1H3,(H,40,43)(H,41,46)(H,44,45)/t34?,35?,36-/m0/s1. The highest BCUT2D eigenvalue weighted by Crippen LogP contribution is 2.31. The van der Waals surface area contributed by atoms with Crippen LogP contribution in [0.3, 0.4) is 0 Å². The minimum atomic E-state index is -1.12. The molecule has 4 aromatic carbocycles. The predicted octanol–water partition coefficient (Wildman–Crippen LogP) is 5.61. The number of carboxylic acids is 1. The van der Waals surface area contributed by atoms with Crippen molar-refractivity contribution in [2.75, 3.05) is 26.7 Å². The van der Waals surface area contributed by atoms with Gasteiger partial charge in [0.15, 0.2) is 0 Å². The molecule has 0 radical (unpaired) electrons. The van der Waals surface area contributed by atoms with Crippen molar-refractivity contribution in [3.8, 4) is 11.5 Å². The Morgan fingerprint density at radius 3 is 2.16 bits per heavy atom. The number of rotatable bonds is 13. The van der Waals surface area contributed by atoms with Crippen molar-refractivity contribution in [2.45, 2.75) is 44.1 Å². The first-order valence-electron chi connectivity index (χ1n) is 16.6. The molecule has 3 atom stereocenters. The number of carbonyl (C=O) groups is 3. The fraction of sp³-hybridized carbons (Fsp3) is 0.308. The maximum absolute atomic E-state index is 13.2. The number of fused-ring (bicyclic) bond motifs is 3. The lowest BCUT2D eigenvalue weighted by atomic mass is 9.86. The number of hydrogen-bond acceptors (Lipinski definition) is 7. The van der Waals surface area contributed by atoms with E-state index in [4.69, 9.17) is 14.2 Å². The molecule has 3 fully saturated rings. The molecule has 3 saturated heterocycles. The summed E-state index contributed by atoms with van der Waals surface area (Å²) in [4.78, 5) is 40.3. The average Bonchev–Trinajstić information content (AvgIpc) is 3.14. The van der Waals surface area contributed by atoms with Crippen LogP contribution in [0.2, 0.25) is 0 Å². The third-order valence-electron chi connectivity index (χ3n) is 9.27. The van der Waals surface area contributed by atoms with Crippen LogP contribution in [0.5, 0.6) is 11.5 Å². The van der Waals surface area contributed by atoms with Gasteiger partial charge in [0.25, 0.3) is 5.91 Å². The summed E-state index contributed by atoms with van der Waals surface area (Å²) >= 11 is 0. The van der Waals surface area contributed by atoms with E-state index in [1.165, 1.54) is 0 Å². The number of benzene rings is 4. The van der Waals surface area contributed by atoms with Crippen LogP contribution < -0.4 is 20.1 Å². The molecule has 3 heterocycles. The van der Waals surface area contributed by atoms with E-state index in [0.29, 0.717) is 23.0 Å². The minimum absolute atomic E-state index is 0.0935. The van der Waals surface area contributed by atoms with Gasteiger partial charge >= 0.3 is 12.1 Å². The van der Waals surface area contributed by atoms with Crippen molar-refractivity contribution >= 4 is 18.0 Å². The van der Waals surface area contributed by atoms with Crippen molar-refractivity contribution in [1.82, 2.24) is 15.5 Å². The first-order chi connectivity index (χ1) is 23.8. The minimum Gasteiger partial charge on any atom is -0.497 e. The van der Waals surface area contributed by atoms with Gasteiger partial charge in [-0.1, -0.05) is 66.7 Å². The molecule has 0 saturated carbocycles. The van der Waals surface area contributed by atoms with Gasteiger partial charge in [0.2, 0.25) is 0 Å². The van der Waals surface area contributed by atoms with Gasteiger partial charge in [0.05, 0.1) is 13.2 Å². The number of carboxylic acid groups (broad SMARTS) is 1. The van der Waals surface area contributed by atoms with E-state index in [1.54, 1.807) is 55.6 Å².